The van der Waals surface area contributed by atoms with Gasteiger partial charge in [0.25, 0.3) is 0 Å². The van der Waals surface area contributed by atoms with Crippen molar-refractivity contribution in [2.75, 3.05) is 20.0 Å². The average molecular weight is 278 g/mol. The van der Waals surface area contributed by atoms with Gasteiger partial charge in [-0.3, -0.25) is 0 Å². The molecule has 0 aromatic carbocycles. The zero-order valence-corrected chi connectivity index (χ0v) is 8.52. The third-order valence-corrected chi connectivity index (χ3v) is 0. The average Bonchev–Trinajstić information content (AvgIpc) is 0.811. The largest absolute Gasteiger partial charge is 0.116 e. The number of hydrogen-bond acceptors (Lipinski definition) is 0. The SMILES string of the molecule is CP(C)C.[Ru].[Ru]. The first-order chi connectivity index (χ1) is 1.73. The van der Waals surface area contributed by atoms with Crippen molar-refractivity contribution in [3.8, 4) is 0 Å². The third-order valence-electron chi connectivity index (χ3n) is 0. The van der Waals surface area contributed by atoms with Crippen LogP contribution in [0.3, 0.4) is 0 Å². The van der Waals surface area contributed by atoms with Crippen molar-refractivity contribution in [2.24, 2.45) is 0 Å². The molecule has 6 heavy (non-hydrogen) atoms. The molecule has 0 saturated heterocycles. The summed E-state index contributed by atoms with van der Waals surface area (Å²) in [5, 5.41) is 0. The maximum Gasteiger partial charge on any atom is 0 e. The molecule has 42 valence electrons. The fourth-order valence-corrected chi connectivity index (χ4v) is 0. The van der Waals surface area contributed by atoms with Gasteiger partial charge in [0.2, 0.25) is 0 Å². The van der Waals surface area contributed by atoms with E-state index in [0.29, 0.717) is 7.92 Å². The Morgan fingerprint density at radius 2 is 0.833 bits per heavy atom. The van der Waals surface area contributed by atoms with E-state index in [9.17, 15) is 0 Å². The van der Waals surface area contributed by atoms with Crippen LogP contribution >= 0.6 is 7.92 Å². The molecule has 0 rings (SSSR count). The molecule has 0 nitrogen and oxygen atoms in total. The molecule has 0 radical (unpaired) electrons. The van der Waals surface area contributed by atoms with Crippen molar-refractivity contribution in [1.82, 2.24) is 0 Å². The fourth-order valence-electron chi connectivity index (χ4n) is 0. The smallest absolute Gasteiger partial charge is 0 e. The van der Waals surface area contributed by atoms with E-state index in [4.69, 9.17) is 0 Å². The minimum Gasteiger partial charge on any atom is -0.116 e. The van der Waals surface area contributed by atoms with Crippen LogP contribution in [0.1, 0.15) is 0 Å². The van der Waals surface area contributed by atoms with Crippen LogP contribution in [0.4, 0.5) is 0 Å². The van der Waals surface area contributed by atoms with Crippen molar-refractivity contribution in [1.29, 1.82) is 0 Å². The quantitative estimate of drug-likeness (QED) is 0.463. The van der Waals surface area contributed by atoms with Gasteiger partial charge in [0, 0.05) is 39.0 Å². The predicted octanol–water partition coefficient (Wildman–Crippen LogP) is 1.35. The van der Waals surface area contributed by atoms with Crippen molar-refractivity contribution >= 4 is 7.92 Å². The van der Waals surface area contributed by atoms with Gasteiger partial charge in [-0.15, -0.1) is 7.92 Å². The van der Waals surface area contributed by atoms with Crippen molar-refractivity contribution in [3.05, 3.63) is 0 Å². The van der Waals surface area contributed by atoms with Crippen LogP contribution < -0.4 is 0 Å². The molecule has 0 N–H and O–H groups in total. The van der Waals surface area contributed by atoms with Gasteiger partial charge in [-0.05, 0) is 20.0 Å². The number of rotatable bonds is 0. The summed E-state index contributed by atoms with van der Waals surface area (Å²) in [6.07, 6.45) is 0. The molecule has 0 spiro atoms. The second-order valence-electron chi connectivity index (χ2n) is 1.34. The van der Waals surface area contributed by atoms with E-state index in [0.717, 1.165) is 0 Å². The normalized spacial score (nSPS) is 6.00. The van der Waals surface area contributed by atoms with Crippen LogP contribution in [-0.2, 0) is 39.0 Å². The Morgan fingerprint density at radius 1 is 0.833 bits per heavy atom. The number of hydrogen-bond donors (Lipinski definition) is 0. The minimum absolute atomic E-state index is 0. The molecule has 0 aliphatic heterocycles. The van der Waals surface area contributed by atoms with Gasteiger partial charge in [0.05, 0.1) is 0 Å². The van der Waals surface area contributed by atoms with Crippen molar-refractivity contribution in [3.63, 3.8) is 0 Å². The van der Waals surface area contributed by atoms with Crippen LogP contribution in [0.5, 0.6) is 0 Å². The van der Waals surface area contributed by atoms with Crippen LogP contribution in [0.15, 0.2) is 0 Å². The molecule has 0 bridgehead atoms. The summed E-state index contributed by atoms with van der Waals surface area (Å²) in [5.41, 5.74) is 0. The Labute approximate surface area is 66.7 Å². The van der Waals surface area contributed by atoms with Gasteiger partial charge in [-0.2, -0.15) is 0 Å². The van der Waals surface area contributed by atoms with E-state index in [2.05, 4.69) is 20.0 Å². The summed E-state index contributed by atoms with van der Waals surface area (Å²) in [5.74, 6) is 0. The first-order valence-corrected chi connectivity index (χ1v) is 4.02. The molecule has 0 unspecified atom stereocenters. The van der Waals surface area contributed by atoms with E-state index in [-0.39, 0.29) is 39.0 Å². The molecule has 0 aromatic rings. The standard InChI is InChI=1S/C3H9P.2Ru/c1-4(2)3;;/h1-3H3;;. The van der Waals surface area contributed by atoms with E-state index >= 15 is 0 Å². The topological polar surface area (TPSA) is 0 Å². The Bertz CT molecular complexity index is 13.5. The first kappa shape index (κ1) is 15.6. The molecule has 0 amide bonds. The molecule has 3 heteroatoms. The van der Waals surface area contributed by atoms with Gasteiger partial charge in [0.15, 0.2) is 0 Å². The van der Waals surface area contributed by atoms with Gasteiger partial charge in [-0.25, -0.2) is 0 Å². The minimum atomic E-state index is 0. The van der Waals surface area contributed by atoms with E-state index in [1.807, 2.05) is 0 Å². The summed E-state index contributed by atoms with van der Waals surface area (Å²) in [6, 6.07) is 0. The fraction of sp³-hybridized carbons (Fsp3) is 1.00. The Hall–Kier alpha value is 1.68. The van der Waals surface area contributed by atoms with Crippen molar-refractivity contribution < 1.29 is 39.0 Å². The van der Waals surface area contributed by atoms with Crippen LogP contribution in [-0.4, -0.2) is 20.0 Å². The maximum atomic E-state index is 2.23. The summed E-state index contributed by atoms with van der Waals surface area (Å²) < 4.78 is 0. The van der Waals surface area contributed by atoms with E-state index in [1.54, 1.807) is 0 Å². The van der Waals surface area contributed by atoms with Crippen LogP contribution in [0, 0.1) is 0 Å². The molecule has 0 heterocycles. The molecule has 0 aliphatic carbocycles. The van der Waals surface area contributed by atoms with E-state index < -0.39 is 0 Å². The molecule has 0 atom stereocenters. The molecule has 0 aromatic heterocycles. The first-order valence-electron chi connectivity index (χ1n) is 1.34. The zero-order valence-electron chi connectivity index (χ0n) is 4.15. The maximum absolute atomic E-state index is 2.23. The second-order valence-corrected chi connectivity index (χ2v) is 4.02. The predicted molar refractivity (Wildman–Crippen MR) is 24.7 cm³/mol. The summed E-state index contributed by atoms with van der Waals surface area (Å²) in [4.78, 5) is 0. The molecule has 0 fully saturated rings. The van der Waals surface area contributed by atoms with Crippen LogP contribution in [0.25, 0.3) is 0 Å². The van der Waals surface area contributed by atoms with Crippen LogP contribution in [0.2, 0.25) is 0 Å². The van der Waals surface area contributed by atoms with Gasteiger partial charge in [0.1, 0.15) is 0 Å². The van der Waals surface area contributed by atoms with Gasteiger partial charge >= 0.3 is 0 Å². The van der Waals surface area contributed by atoms with Gasteiger partial charge in [-0.1, -0.05) is 0 Å². The Balaban J connectivity index is -0.0000000450. The summed E-state index contributed by atoms with van der Waals surface area (Å²) in [6.45, 7) is 6.69. The third kappa shape index (κ3) is 44.2. The Morgan fingerprint density at radius 3 is 0.833 bits per heavy atom. The molecule has 0 aliphatic rings. The van der Waals surface area contributed by atoms with Gasteiger partial charge < -0.3 is 0 Å². The second kappa shape index (κ2) is 9.84. The molecular weight excluding hydrogens is 269 g/mol. The Kier molecular flexibility index (Phi) is 25.7. The summed E-state index contributed by atoms with van der Waals surface area (Å²) >= 11 is 0. The van der Waals surface area contributed by atoms with Crippen molar-refractivity contribution in [2.45, 2.75) is 0 Å². The molecule has 0 saturated carbocycles. The zero-order chi connectivity index (χ0) is 3.58. The summed E-state index contributed by atoms with van der Waals surface area (Å²) in [7, 11) is 0.380. The van der Waals surface area contributed by atoms with E-state index in [1.165, 1.54) is 0 Å². The molecular formula is C3H9PRu2. The monoisotopic (exact) mass is 280 g/mol.